The summed E-state index contributed by atoms with van der Waals surface area (Å²) in [6.45, 7) is 0.631. The van der Waals surface area contributed by atoms with Crippen molar-refractivity contribution >= 4 is 16.9 Å². The second-order valence-corrected chi connectivity index (χ2v) is 5.35. The van der Waals surface area contributed by atoms with Crippen LogP contribution in [0.25, 0.3) is 11.0 Å². The maximum atomic E-state index is 12.9. The zero-order valence-corrected chi connectivity index (χ0v) is 11.8. The standard InChI is InChI=1S/C13H16F3N5O/c14-13(15,16)9-2-1-3-20(7-9)11-10-6-19-21(4-5-22)12(10)18-8-17-11/h6,8-9,22H,1-5,7H2. The van der Waals surface area contributed by atoms with E-state index in [-0.39, 0.29) is 26.1 Å². The Morgan fingerprint density at radius 3 is 2.86 bits per heavy atom. The predicted molar refractivity (Wildman–Crippen MR) is 73.4 cm³/mol. The Labute approximate surface area is 124 Å². The van der Waals surface area contributed by atoms with Crippen LogP contribution < -0.4 is 4.90 Å². The second kappa shape index (κ2) is 5.71. The Morgan fingerprint density at radius 1 is 1.32 bits per heavy atom. The summed E-state index contributed by atoms with van der Waals surface area (Å²) in [7, 11) is 0. The van der Waals surface area contributed by atoms with Crippen LogP contribution in [-0.4, -0.2) is 50.7 Å². The highest BCUT2D eigenvalue weighted by Gasteiger charge is 2.42. The lowest BCUT2D eigenvalue weighted by atomic mass is 9.97. The summed E-state index contributed by atoms with van der Waals surface area (Å²) >= 11 is 0. The fourth-order valence-corrected chi connectivity index (χ4v) is 2.83. The highest BCUT2D eigenvalue weighted by atomic mass is 19.4. The summed E-state index contributed by atoms with van der Waals surface area (Å²) in [5.74, 6) is -0.859. The van der Waals surface area contributed by atoms with Crippen molar-refractivity contribution in [3.8, 4) is 0 Å². The molecule has 2 aromatic heterocycles. The van der Waals surface area contributed by atoms with Gasteiger partial charge in [-0.05, 0) is 12.8 Å². The van der Waals surface area contributed by atoms with Crippen molar-refractivity contribution < 1.29 is 18.3 Å². The van der Waals surface area contributed by atoms with Crippen LogP contribution in [-0.2, 0) is 6.54 Å². The van der Waals surface area contributed by atoms with Gasteiger partial charge in [0.15, 0.2) is 5.65 Å². The molecular weight excluding hydrogens is 299 g/mol. The first-order valence-corrected chi connectivity index (χ1v) is 7.09. The summed E-state index contributed by atoms with van der Waals surface area (Å²) in [4.78, 5) is 9.91. The number of fused-ring (bicyclic) bond motifs is 1. The van der Waals surface area contributed by atoms with Gasteiger partial charge in [-0.25, -0.2) is 14.6 Å². The van der Waals surface area contributed by atoms with E-state index < -0.39 is 12.1 Å². The number of piperidine rings is 1. The average Bonchev–Trinajstić information content (AvgIpc) is 2.90. The van der Waals surface area contributed by atoms with Crippen molar-refractivity contribution in [2.24, 2.45) is 5.92 Å². The minimum absolute atomic E-state index is 0.0873. The number of rotatable bonds is 3. The van der Waals surface area contributed by atoms with Gasteiger partial charge in [-0.3, -0.25) is 0 Å². The molecule has 0 amide bonds. The van der Waals surface area contributed by atoms with Crippen LogP contribution in [0.2, 0.25) is 0 Å². The number of halogens is 3. The number of hydrogen-bond acceptors (Lipinski definition) is 5. The minimum Gasteiger partial charge on any atom is -0.394 e. The molecular formula is C13H16F3N5O. The van der Waals surface area contributed by atoms with E-state index in [1.165, 1.54) is 17.2 Å². The molecule has 1 aliphatic rings. The van der Waals surface area contributed by atoms with Crippen molar-refractivity contribution in [2.75, 3.05) is 24.6 Å². The molecule has 1 unspecified atom stereocenters. The summed E-state index contributed by atoms with van der Waals surface area (Å²) in [5.41, 5.74) is 0.521. The quantitative estimate of drug-likeness (QED) is 0.932. The lowest BCUT2D eigenvalue weighted by Gasteiger charge is -2.34. The van der Waals surface area contributed by atoms with Crippen molar-refractivity contribution in [1.29, 1.82) is 0 Å². The zero-order chi connectivity index (χ0) is 15.7. The predicted octanol–water partition coefficient (Wildman–Crippen LogP) is 1.60. The molecule has 2 aromatic rings. The normalized spacial score (nSPS) is 19.8. The molecule has 22 heavy (non-hydrogen) atoms. The lowest BCUT2D eigenvalue weighted by molar-refractivity contribution is -0.176. The van der Waals surface area contributed by atoms with Gasteiger partial charge in [0, 0.05) is 13.1 Å². The van der Waals surface area contributed by atoms with E-state index in [1.807, 2.05) is 0 Å². The van der Waals surface area contributed by atoms with E-state index >= 15 is 0 Å². The van der Waals surface area contributed by atoms with Gasteiger partial charge in [0.05, 0.1) is 30.7 Å². The monoisotopic (exact) mass is 315 g/mol. The molecule has 1 aliphatic heterocycles. The Kier molecular flexibility index (Phi) is 3.90. The van der Waals surface area contributed by atoms with E-state index in [2.05, 4.69) is 15.1 Å². The van der Waals surface area contributed by atoms with Gasteiger partial charge < -0.3 is 10.0 Å². The van der Waals surface area contributed by atoms with Crippen LogP contribution >= 0.6 is 0 Å². The van der Waals surface area contributed by atoms with Crippen molar-refractivity contribution in [1.82, 2.24) is 19.7 Å². The highest BCUT2D eigenvalue weighted by molar-refractivity contribution is 5.86. The molecule has 0 aromatic carbocycles. The summed E-state index contributed by atoms with van der Waals surface area (Å²) < 4.78 is 40.4. The van der Waals surface area contributed by atoms with Gasteiger partial charge in [0.2, 0.25) is 0 Å². The molecule has 9 heteroatoms. The fraction of sp³-hybridized carbons (Fsp3) is 0.615. The maximum Gasteiger partial charge on any atom is 0.393 e. The fourth-order valence-electron chi connectivity index (χ4n) is 2.83. The second-order valence-electron chi connectivity index (χ2n) is 5.35. The Hall–Kier alpha value is -1.90. The number of anilines is 1. The van der Waals surface area contributed by atoms with E-state index in [1.54, 1.807) is 4.90 Å². The molecule has 1 N–H and O–H groups in total. The average molecular weight is 315 g/mol. The Balaban J connectivity index is 1.93. The SMILES string of the molecule is OCCn1ncc2c(N3CCCC(C(F)(F)F)C3)ncnc21. The third kappa shape index (κ3) is 2.72. The first-order valence-electron chi connectivity index (χ1n) is 7.09. The van der Waals surface area contributed by atoms with Crippen LogP contribution in [0.1, 0.15) is 12.8 Å². The van der Waals surface area contributed by atoms with Gasteiger partial charge in [-0.1, -0.05) is 0 Å². The van der Waals surface area contributed by atoms with Crippen molar-refractivity contribution in [2.45, 2.75) is 25.6 Å². The number of aliphatic hydroxyl groups is 1. The summed E-state index contributed by atoms with van der Waals surface area (Å²) in [6.07, 6.45) is -0.702. The minimum atomic E-state index is -4.19. The van der Waals surface area contributed by atoms with E-state index in [0.717, 1.165) is 0 Å². The van der Waals surface area contributed by atoms with Crippen LogP contribution in [0, 0.1) is 5.92 Å². The number of aromatic nitrogens is 4. The molecule has 120 valence electrons. The van der Waals surface area contributed by atoms with Crippen LogP contribution in [0.15, 0.2) is 12.5 Å². The van der Waals surface area contributed by atoms with E-state index in [4.69, 9.17) is 5.11 Å². The Morgan fingerprint density at radius 2 is 2.14 bits per heavy atom. The molecule has 6 nitrogen and oxygen atoms in total. The first kappa shape index (κ1) is 15.0. The smallest absolute Gasteiger partial charge is 0.393 e. The number of aliphatic hydroxyl groups excluding tert-OH is 1. The molecule has 0 radical (unpaired) electrons. The van der Waals surface area contributed by atoms with Crippen LogP contribution in [0.4, 0.5) is 19.0 Å². The van der Waals surface area contributed by atoms with Crippen LogP contribution in [0.3, 0.4) is 0 Å². The third-order valence-electron chi connectivity index (χ3n) is 3.91. The number of nitrogens with zero attached hydrogens (tertiary/aromatic N) is 5. The highest BCUT2D eigenvalue weighted by Crippen LogP contribution is 2.35. The molecule has 3 heterocycles. The molecule has 0 bridgehead atoms. The number of alkyl halides is 3. The van der Waals surface area contributed by atoms with Crippen LogP contribution in [0.5, 0.6) is 0 Å². The van der Waals surface area contributed by atoms with E-state index in [0.29, 0.717) is 29.8 Å². The topological polar surface area (TPSA) is 67.1 Å². The maximum absolute atomic E-state index is 12.9. The van der Waals surface area contributed by atoms with Gasteiger partial charge in [-0.15, -0.1) is 0 Å². The van der Waals surface area contributed by atoms with Gasteiger partial charge in [0.25, 0.3) is 0 Å². The molecule has 3 rings (SSSR count). The number of hydrogen-bond donors (Lipinski definition) is 1. The molecule has 1 atom stereocenters. The largest absolute Gasteiger partial charge is 0.394 e. The van der Waals surface area contributed by atoms with Gasteiger partial charge in [0.1, 0.15) is 12.1 Å². The molecule has 0 aliphatic carbocycles. The first-order chi connectivity index (χ1) is 10.5. The molecule has 0 saturated carbocycles. The summed E-state index contributed by atoms with van der Waals surface area (Å²) in [6, 6.07) is 0. The lowest BCUT2D eigenvalue weighted by Crippen LogP contribution is -2.42. The van der Waals surface area contributed by atoms with E-state index in [9.17, 15) is 13.2 Å². The van der Waals surface area contributed by atoms with Gasteiger partial charge in [-0.2, -0.15) is 18.3 Å². The Bertz CT molecular complexity index is 657. The molecule has 1 fully saturated rings. The third-order valence-corrected chi connectivity index (χ3v) is 3.91. The molecule has 1 saturated heterocycles. The molecule has 0 spiro atoms. The van der Waals surface area contributed by atoms with Crippen molar-refractivity contribution in [3.05, 3.63) is 12.5 Å². The zero-order valence-electron chi connectivity index (χ0n) is 11.8. The van der Waals surface area contributed by atoms with Gasteiger partial charge >= 0.3 is 6.18 Å². The van der Waals surface area contributed by atoms with Crippen molar-refractivity contribution in [3.63, 3.8) is 0 Å². The summed E-state index contributed by atoms with van der Waals surface area (Å²) in [5, 5.41) is 13.7.